The van der Waals surface area contributed by atoms with Crippen LogP contribution in [0.3, 0.4) is 0 Å². The molecule has 0 spiro atoms. The largest absolute Gasteiger partial charge is 0.495 e. The van der Waals surface area contributed by atoms with Gasteiger partial charge in [0.1, 0.15) is 12.0 Å². The Bertz CT molecular complexity index is 440. The maximum Gasteiger partial charge on any atom is 0.137 e. The highest BCUT2D eigenvalue weighted by atomic mass is 16.5. The fourth-order valence-electron chi connectivity index (χ4n) is 1.42. The molecule has 0 saturated carbocycles. The van der Waals surface area contributed by atoms with E-state index in [1.165, 1.54) is 0 Å². The van der Waals surface area contributed by atoms with Crippen molar-refractivity contribution in [2.24, 2.45) is 0 Å². The minimum absolute atomic E-state index is 0.821. The lowest BCUT2D eigenvalue weighted by Crippen LogP contribution is -1.86. The first-order valence-corrected chi connectivity index (χ1v) is 4.02. The van der Waals surface area contributed by atoms with Crippen LogP contribution in [-0.2, 0) is 0 Å². The molecule has 2 nitrogen and oxygen atoms in total. The molecule has 1 heterocycles. The highest BCUT2D eigenvalue weighted by molar-refractivity contribution is 5.90. The summed E-state index contributed by atoms with van der Waals surface area (Å²) in [5.41, 5.74) is 0.983. The zero-order chi connectivity index (χ0) is 9.26. The Morgan fingerprint density at radius 3 is 2.92 bits per heavy atom. The normalized spacial score (nSPS) is 10.2. The summed E-state index contributed by atoms with van der Waals surface area (Å²) in [6.07, 6.45) is 5.15. The molecule has 0 aliphatic carbocycles. The standard InChI is InChI=1S/C11H10O2/c1-3-8-4-5-9-6-13-7-10(9)11(8)12-2/h3-7H,1H2,2H3. The zero-order valence-corrected chi connectivity index (χ0v) is 7.41. The van der Waals surface area contributed by atoms with Gasteiger partial charge in [-0.05, 0) is 0 Å². The van der Waals surface area contributed by atoms with Crippen molar-refractivity contribution in [2.45, 2.75) is 0 Å². The molecule has 0 radical (unpaired) electrons. The number of rotatable bonds is 2. The monoisotopic (exact) mass is 174 g/mol. The quantitative estimate of drug-likeness (QED) is 0.698. The van der Waals surface area contributed by atoms with Crippen LogP contribution in [0, 0.1) is 0 Å². The van der Waals surface area contributed by atoms with Crippen molar-refractivity contribution < 1.29 is 9.15 Å². The van der Waals surface area contributed by atoms with Crippen LogP contribution in [0.15, 0.2) is 35.7 Å². The van der Waals surface area contributed by atoms with E-state index in [0.717, 1.165) is 22.1 Å². The van der Waals surface area contributed by atoms with Crippen LogP contribution >= 0.6 is 0 Å². The molecule has 0 amide bonds. The number of hydrogen-bond acceptors (Lipinski definition) is 2. The average molecular weight is 174 g/mol. The first-order valence-electron chi connectivity index (χ1n) is 4.02. The first-order chi connectivity index (χ1) is 6.36. The molecule has 2 heteroatoms. The summed E-state index contributed by atoms with van der Waals surface area (Å²) in [6.45, 7) is 3.72. The number of benzene rings is 1. The molecular weight excluding hydrogens is 164 g/mol. The maximum absolute atomic E-state index is 5.28. The van der Waals surface area contributed by atoms with Gasteiger partial charge in [-0.2, -0.15) is 0 Å². The minimum atomic E-state index is 0.821. The Hall–Kier alpha value is -1.70. The van der Waals surface area contributed by atoms with E-state index in [9.17, 15) is 0 Å². The van der Waals surface area contributed by atoms with Crippen molar-refractivity contribution in [1.82, 2.24) is 0 Å². The van der Waals surface area contributed by atoms with Gasteiger partial charge in [0, 0.05) is 10.9 Å². The zero-order valence-electron chi connectivity index (χ0n) is 7.41. The van der Waals surface area contributed by atoms with Gasteiger partial charge in [-0.25, -0.2) is 0 Å². The van der Waals surface area contributed by atoms with E-state index in [4.69, 9.17) is 9.15 Å². The molecule has 0 fully saturated rings. The van der Waals surface area contributed by atoms with E-state index in [0.29, 0.717) is 0 Å². The molecule has 2 aromatic rings. The van der Waals surface area contributed by atoms with Crippen LogP contribution in [-0.4, -0.2) is 7.11 Å². The summed E-state index contributed by atoms with van der Waals surface area (Å²) >= 11 is 0. The summed E-state index contributed by atoms with van der Waals surface area (Å²) in [7, 11) is 1.65. The van der Waals surface area contributed by atoms with Crippen LogP contribution < -0.4 is 4.74 Å². The van der Waals surface area contributed by atoms with Gasteiger partial charge in [0.25, 0.3) is 0 Å². The van der Waals surface area contributed by atoms with Crippen molar-refractivity contribution >= 4 is 16.8 Å². The molecule has 13 heavy (non-hydrogen) atoms. The molecule has 0 N–H and O–H groups in total. The number of fused-ring (bicyclic) bond motifs is 1. The molecule has 0 saturated heterocycles. The lowest BCUT2D eigenvalue weighted by atomic mass is 10.1. The predicted octanol–water partition coefficient (Wildman–Crippen LogP) is 3.08. The van der Waals surface area contributed by atoms with Crippen LogP contribution in [0.2, 0.25) is 0 Å². The molecular formula is C11H10O2. The van der Waals surface area contributed by atoms with E-state index < -0.39 is 0 Å². The topological polar surface area (TPSA) is 22.4 Å². The lowest BCUT2D eigenvalue weighted by Gasteiger charge is -2.04. The van der Waals surface area contributed by atoms with Crippen molar-refractivity contribution in [1.29, 1.82) is 0 Å². The average Bonchev–Trinajstić information content (AvgIpc) is 2.63. The third kappa shape index (κ3) is 1.11. The van der Waals surface area contributed by atoms with Crippen molar-refractivity contribution in [2.75, 3.05) is 7.11 Å². The predicted molar refractivity (Wildman–Crippen MR) is 52.9 cm³/mol. The maximum atomic E-state index is 5.28. The summed E-state index contributed by atoms with van der Waals surface area (Å²) in [4.78, 5) is 0. The van der Waals surface area contributed by atoms with Gasteiger partial charge >= 0.3 is 0 Å². The lowest BCUT2D eigenvalue weighted by molar-refractivity contribution is 0.418. The van der Waals surface area contributed by atoms with Crippen LogP contribution in [0.1, 0.15) is 5.56 Å². The second-order valence-electron chi connectivity index (χ2n) is 2.77. The number of hydrogen-bond donors (Lipinski definition) is 0. The third-order valence-corrected chi connectivity index (χ3v) is 2.07. The van der Waals surface area contributed by atoms with Crippen LogP contribution in [0.25, 0.3) is 16.8 Å². The van der Waals surface area contributed by atoms with E-state index in [2.05, 4.69) is 6.58 Å². The third-order valence-electron chi connectivity index (χ3n) is 2.07. The fraction of sp³-hybridized carbons (Fsp3) is 0.0909. The van der Waals surface area contributed by atoms with Gasteiger partial charge in [-0.1, -0.05) is 24.8 Å². The van der Waals surface area contributed by atoms with Gasteiger partial charge in [0.05, 0.1) is 18.8 Å². The Kier molecular flexibility index (Phi) is 1.81. The van der Waals surface area contributed by atoms with Gasteiger partial charge in [0.2, 0.25) is 0 Å². The summed E-state index contributed by atoms with van der Waals surface area (Å²) in [5, 5.41) is 2.03. The van der Waals surface area contributed by atoms with Crippen molar-refractivity contribution in [3.63, 3.8) is 0 Å². The number of methoxy groups -OCH3 is 1. The molecule has 0 unspecified atom stereocenters. The smallest absolute Gasteiger partial charge is 0.137 e. The minimum Gasteiger partial charge on any atom is -0.495 e. The van der Waals surface area contributed by atoms with E-state index in [1.54, 1.807) is 25.7 Å². The summed E-state index contributed by atoms with van der Waals surface area (Å²) < 4.78 is 10.4. The van der Waals surface area contributed by atoms with Crippen molar-refractivity contribution in [3.05, 3.63) is 36.8 Å². The Labute approximate surface area is 76.4 Å². The molecule has 0 aliphatic heterocycles. The second kappa shape index (κ2) is 2.98. The molecule has 66 valence electrons. The molecule has 1 aromatic carbocycles. The fourth-order valence-corrected chi connectivity index (χ4v) is 1.42. The second-order valence-corrected chi connectivity index (χ2v) is 2.77. The van der Waals surface area contributed by atoms with Gasteiger partial charge in [-0.3, -0.25) is 0 Å². The van der Waals surface area contributed by atoms with Gasteiger partial charge in [-0.15, -0.1) is 0 Å². The summed E-state index contributed by atoms with van der Waals surface area (Å²) in [5.74, 6) is 0.821. The van der Waals surface area contributed by atoms with E-state index >= 15 is 0 Å². The van der Waals surface area contributed by atoms with E-state index in [1.807, 2.05) is 12.1 Å². The molecule has 0 aliphatic rings. The molecule has 0 bridgehead atoms. The Morgan fingerprint density at radius 1 is 1.38 bits per heavy atom. The van der Waals surface area contributed by atoms with Gasteiger partial charge < -0.3 is 9.15 Å². The van der Waals surface area contributed by atoms with E-state index in [-0.39, 0.29) is 0 Å². The molecule has 2 rings (SSSR count). The van der Waals surface area contributed by atoms with Crippen molar-refractivity contribution in [3.8, 4) is 5.75 Å². The van der Waals surface area contributed by atoms with Gasteiger partial charge in [0.15, 0.2) is 0 Å². The van der Waals surface area contributed by atoms with Crippen LogP contribution in [0.4, 0.5) is 0 Å². The van der Waals surface area contributed by atoms with Crippen LogP contribution in [0.5, 0.6) is 5.75 Å². The Balaban J connectivity index is 2.81. The number of ether oxygens (including phenoxy) is 1. The summed E-state index contributed by atoms with van der Waals surface area (Å²) in [6, 6.07) is 3.95. The Morgan fingerprint density at radius 2 is 2.23 bits per heavy atom. The molecule has 1 aromatic heterocycles. The highest BCUT2D eigenvalue weighted by Crippen LogP contribution is 2.30. The SMILES string of the molecule is C=Cc1ccc2cocc2c1OC. The number of furan rings is 1. The molecule has 0 atom stereocenters. The first kappa shape index (κ1) is 7.92. The highest BCUT2D eigenvalue weighted by Gasteiger charge is 2.06.